The number of aliphatic hydroxyl groups excluding tert-OH is 1. The molecule has 0 unspecified atom stereocenters. The predicted octanol–water partition coefficient (Wildman–Crippen LogP) is 3.96. The number of halogens is 1. The first kappa shape index (κ1) is 18.1. The first-order chi connectivity index (χ1) is 15.2. The minimum Gasteiger partial charge on any atom is -0.443 e. The van der Waals surface area contributed by atoms with Crippen LogP contribution in [0.4, 0.5) is 0 Å². The quantitative estimate of drug-likeness (QED) is 0.456. The summed E-state index contributed by atoms with van der Waals surface area (Å²) < 4.78 is 9.64. The van der Waals surface area contributed by atoms with Crippen molar-refractivity contribution in [1.29, 1.82) is 0 Å². The Balaban J connectivity index is 1.54. The second-order valence-electron chi connectivity index (χ2n) is 7.16. The summed E-state index contributed by atoms with van der Waals surface area (Å²) in [6.07, 6.45) is 3.37. The lowest BCUT2D eigenvalue weighted by Crippen LogP contribution is -2.08. The van der Waals surface area contributed by atoms with Crippen molar-refractivity contribution in [1.82, 2.24) is 29.3 Å². The zero-order valence-electron chi connectivity index (χ0n) is 16.1. The summed E-state index contributed by atoms with van der Waals surface area (Å²) in [5, 5.41) is 18.8. The molecular weight excluding hydrogens is 416 g/mol. The molecule has 0 saturated carbocycles. The zero-order chi connectivity index (χ0) is 20.9. The van der Waals surface area contributed by atoms with Crippen LogP contribution in [0, 0.1) is 0 Å². The van der Waals surface area contributed by atoms with Crippen LogP contribution in [0.5, 0.6) is 0 Å². The van der Waals surface area contributed by atoms with E-state index < -0.39 is 0 Å². The fourth-order valence-corrected chi connectivity index (χ4v) is 4.07. The van der Waals surface area contributed by atoms with Gasteiger partial charge in [-0.3, -0.25) is 4.57 Å². The Morgan fingerprint density at radius 1 is 1.10 bits per heavy atom. The van der Waals surface area contributed by atoms with E-state index in [1.54, 1.807) is 12.6 Å². The lowest BCUT2D eigenvalue weighted by molar-refractivity contribution is 0.265. The molecule has 4 heterocycles. The lowest BCUT2D eigenvalue weighted by Gasteiger charge is -2.08. The predicted molar refractivity (Wildman–Crippen MR) is 114 cm³/mol. The standard InChI is InChI=1S/C22H15ClN6O2/c23-14-6-7-17-15(8-14)21-27-26-19(10-30)28(21)9-18-20(24-12-29(17)18)22-25-16(11-31-22)13-4-2-1-3-5-13/h1-8,11-12,30H,9-10H2. The molecule has 31 heavy (non-hydrogen) atoms. The number of aromatic nitrogens is 6. The van der Waals surface area contributed by atoms with Gasteiger partial charge >= 0.3 is 0 Å². The Morgan fingerprint density at radius 2 is 1.97 bits per heavy atom. The van der Waals surface area contributed by atoms with Gasteiger partial charge in [-0.1, -0.05) is 41.9 Å². The highest BCUT2D eigenvalue weighted by molar-refractivity contribution is 6.31. The number of oxazole rings is 1. The molecule has 0 fully saturated rings. The molecule has 8 nitrogen and oxygen atoms in total. The van der Waals surface area contributed by atoms with E-state index in [2.05, 4.69) is 20.2 Å². The van der Waals surface area contributed by atoms with E-state index >= 15 is 0 Å². The van der Waals surface area contributed by atoms with Crippen molar-refractivity contribution in [3.05, 3.63) is 77.7 Å². The van der Waals surface area contributed by atoms with Crippen LogP contribution < -0.4 is 0 Å². The van der Waals surface area contributed by atoms with Crippen LogP contribution in [0.15, 0.2) is 65.5 Å². The molecule has 0 amide bonds. The molecule has 6 rings (SSSR count). The number of hydrogen-bond acceptors (Lipinski definition) is 6. The summed E-state index contributed by atoms with van der Waals surface area (Å²) in [6, 6.07) is 15.4. The molecule has 2 aromatic carbocycles. The van der Waals surface area contributed by atoms with Gasteiger partial charge < -0.3 is 14.1 Å². The molecule has 9 heteroatoms. The second-order valence-corrected chi connectivity index (χ2v) is 7.60. The maximum atomic E-state index is 9.79. The monoisotopic (exact) mass is 430 g/mol. The second kappa shape index (κ2) is 6.90. The Morgan fingerprint density at radius 3 is 2.81 bits per heavy atom. The van der Waals surface area contributed by atoms with Gasteiger partial charge in [0.25, 0.3) is 0 Å². The molecule has 1 aliphatic rings. The van der Waals surface area contributed by atoms with Gasteiger partial charge in [0.15, 0.2) is 11.6 Å². The number of hydrogen-bond donors (Lipinski definition) is 1. The van der Waals surface area contributed by atoms with Crippen molar-refractivity contribution >= 4 is 11.6 Å². The van der Waals surface area contributed by atoms with E-state index in [0.717, 1.165) is 28.2 Å². The van der Waals surface area contributed by atoms with E-state index in [1.165, 1.54) is 0 Å². The summed E-state index contributed by atoms with van der Waals surface area (Å²) >= 11 is 6.27. The topological polar surface area (TPSA) is 94.8 Å². The number of imidazole rings is 1. The van der Waals surface area contributed by atoms with Crippen molar-refractivity contribution in [3.8, 4) is 39.9 Å². The molecule has 0 radical (unpaired) electrons. The van der Waals surface area contributed by atoms with Gasteiger partial charge in [0, 0.05) is 16.1 Å². The van der Waals surface area contributed by atoms with Crippen LogP contribution in [0.2, 0.25) is 5.02 Å². The molecular formula is C22H15ClN6O2. The van der Waals surface area contributed by atoms with E-state index in [-0.39, 0.29) is 6.61 Å². The Kier molecular flexibility index (Phi) is 4.02. The first-order valence-electron chi connectivity index (χ1n) is 9.63. The lowest BCUT2D eigenvalue weighted by atomic mass is 10.1. The van der Waals surface area contributed by atoms with Gasteiger partial charge in [0.05, 0.1) is 17.9 Å². The van der Waals surface area contributed by atoms with Gasteiger partial charge in [-0.25, -0.2) is 9.97 Å². The number of rotatable bonds is 3. The molecule has 152 valence electrons. The van der Waals surface area contributed by atoms with Crippen LogP contribution >= 0.6 is 11.6 Å². The number of fused-ring (bicyclic) bond motifs is 5. The average Bonchev–Trinajstić information content (AvgIpc) is 3.51. The SMILES string of the molecule is OCc1nnc2n1Cc1c(-c3nc(-c4ccccc4)co3)ncn1-c1ccc(Cl)cc1-2. The molecule has 0 aliphatic carbocycles. The number of benzene rings is 2. The van der Waals surface area contributed by atoms with Crippen LogP contribution in [-0.2, 0) is 13.2 Å². The maximum absolute atomic E-state index is 9.79. The van der Waals surface area contributed by atoms with Crippen molar-refractivity contribution in [2.24, 2.45) is 0 Å². The average molecular weight is 431 g/mol. The number of nitrogens with zero attached hydrogens (tertiary/aromatic N) is 6. The molecule has 1 aliphatic heterocycles. The summed E-state index contributed by atoms with van der Waals surface area (Å²) in [6.45, 7) is 0.159. The highest BCUT2D eigenvalue weighted by atomic mass is 35.5. The van der Waals surface area contributed by atoms with Crippen LogP contribution in [0.25, 0.3) is 39.9 Å². The van der Waals surface area contributed by atoms with Crippen LogP contribution in [0.3, 0.4) is 0 Å². The third-order valence-electron chi connectivity index (χ3n) is 5.38. The highest BCUT2D eigenvalue weighted by Crippen LogP contribution is 2.36. The van der Waals surface area contributed by atoms with E-state index in [1.807, 2.05) is 57.7 Å². The van der Waals surface area contributed by atoms with Gasteiger partial charge in [-0.15, -0.1) is 10.2 Å². The molecule has 1 N–H and O–H groups in total. The number of aliphatic hydroxyl groups is 1. The fraction of sp³-hybridized carbons (Fsp3) is 0.0909. The van der Waals surface area contributed by atoms with Crippen molar-refractivity contribution in [2.75, 3.05) is 0 Å². The minimum atomic E-state index is -0.233. The normalized spacial score (nSPS) is 12.2. The summed E-state index contributed by atoms with van der Waals surface area (Å²) in [7, 11) is 0. The van der Waals surface area contributed by atoms with Gasteiger partial charge in [0.1, 0.15) is 30.6 Å². The van der Waals surface area contributed by atoms with Crippen molar-refractivity contribution in [3.63, 3.8) is 0 Å². The largest absolute Gasteiger partial charge is 0.443 e. The van der Waals surface area contributed by atoms with Crippen molar-refractivity contribution in [2.45, 2.75) is 13.2 Å². The Hall–Kier alpha value is -3.75. The Labute approximate surface area is 181 Å². The smallest absolute Gasteiger partial charge is 0.247 e. The summed E-state index contributed by atoms with van der Waals surface area (Å²) in [5.74, 6) is 1.51. The molecule has 5 aromatic rings. The fourth-order valence-electron chi connectivity index (χ4n) is 3.90. The maximum Gasteiger partial charge on any atom is 0.247 e. The molecule has 3 aromatic heterocycles. The van der Waals surface area contributed by atoms with E-state index in [0.29, 0.717) is 34.8 Å². The zero-order valence-corrected chi connectivity index (χ0v) is 16.9. The molecule has 0 atom stereocenters. The first-order valence-corrected chi connectivity index (χ1v) is 10.0. The molecule has 0 spiro atoms. The molecule has 0 bridgehead atoms. The summed E-state index contributed by atoms with van der Waals surface area (Å²) in [5.41, 5.74) is 4.83. The highest BCUT2D eigenvalue weighted by Gasteiger charge is 2.27. The van der Waals surface area contributed by atoms with Crippen LogP contribution in [-0.4, -0.2) is 34.4 Å². The van der Waals surface area contributed by atoms with Crippen molar-refractivity contribution < 1.29 is 9.52 Å². The summed E-state index contributed by atoms with van der Waals surface area (Å²) in [4.78, 5) is 9.27. The van der Waals surface area contributed by atoms with E-state index in [4.69, 9.17) is 16.0 Å². The van der Waals surface area contributed by atoms with Gasteiger partial charge in [-0.2, -0.15) is 0 Å². The third-order valence-corrected chi connectivity index (χ3v) is 5.61. The third kappa shape index (κ3) is 2.80. The van der Waals surface area contributed by atoms with Gasteiger partial charge in [0.2, 0.25) is 5.89 Å². The minimum absolute atomic E-state index is 0.233. The van der Waals surface area contributed by atoms with Crippen LogP contribution in [0.1, 0.15) is 11.5 Å². The molecule has 0 saturated heterocycles. The van der Waals surface area contributed by atoms with E-state index in [9.17, 15) is 5.11 Å². The Bertz CT molecular complexity index is 1420. The van der Waals surface area contributed by atoms with Gasteiger partial charge in [-0.05, 0) is 18.2 Å².